The first-order chi connectivity index (χ1) is 13.9. The molecule has 29 heavy (non-hydrogen) atoms. The first kappa shape index (κ1) is 19.3. The van der Waals surface area contributed by atoms with Crippen LogP contribution in [0.5, 0.6) is 23.0 Å². The molecule has 0 amide bonds. The molecule has 0 aromatic heterocycles. The van der Waals surface area contributed by atoms with Gasteiger partial charge in [0.1, 0.15) is 18.1 Å². The van der Waals surface area contributed by atoms with E-state index in [1.165, 1.54) is 13.8 Å². The lowest BCUT2D eigenvalue weighted by Gasteiger charge is -2.26. The van der Waals surface area contributed by atoms with Crippen molar-refractivity contribution in [2.24, 2.45) is 0 Å². The first-order valence-electron chi connectivity index (χ1n) is 8.85. The van der Waals surface area contributed by atoms with E-state index in [0.29, 0.717) is 29.6 Å². The van der Waals surface area contributed by atoms with E-state index in [4.69, 9.17) is 18.9 Å². The monoisotopic (exact) mass is 456 g/mol. The molecule has 0 unspecified atom stereocenters. The Morgan fingerprint density at radius 2 is 1.62 bits per heavy atom. The summed E-state index contributed by atoms with van der Waals surface area (Å²) in [6.45, 7) is 3.02. The van der Waals surface area contributed by atoms with Gasteiger partial charge in [0, 0.05) is 40.2 Å². The van der Waals surface area contributed by atoms with E-state index in [1.807, 2.05) is 12.1 Å². The Hall–Kier alpha value is -3.06. The highest BCUT2D eigenvalue weighted by molar-refractivity contribution is 9.10. The quantitative estimate of drug-likeness (QED) is 0.406. The van der Waals surface area contributed by atoms with Gasteiger partial charge in [-0.15, -0.1) is 0 Å². The van der Waals surface area contributed by atoms with Crippen molar-refractivity contribution in [3.05, 3.63) is 46.4 Å². The number of fused-ring (bicyclic) bond motifs is 4. The van der Waals surface area contributed by atoms with Crippen LogP contribution in [0.2, 0.25) is 0 Å². The van der Waals surface area contributed by atoms with Gasteiger partial charge in [0.05, 0.1) is 7.11 Å². The lowest BCUT2D eigenvalue weighted by molar-refractivity contribution is -0.132. The van der Waals surface area contributed by atoms with Gasteiger partial charge in [-0.25, -0.2) is 0 Å². The van der Waals surface area contributed by atoms with E-state index in [-0.39, 0.29) is 5.97 Å². The summed E-state index contributed by atoms with van der Waals surface area (Å²) in [7, 11) is 1.57. The topological polar surface area (TPSA) is 71.1 Å². The fourth-order valence-electron chi connectivity index (χ4n) is 3.50. The second-order valence-corrected chi connectivity index (χ2v) is 7.35. The van der Waals surface area contributed by atoms with Crippen molar-refractivity contribution in [1.82, 2.24) is 0 Å². The molecular formula is C22H17BrO6. The Kier molecular flexibility index (Phi) is 4.92. The SMILES string of the molecule is COc1c2c(c(Br)c3ccc(OC(C)=O)cc13)-c1ccc(OC(C)=O)cc1CO2. The molecule has 148 valence electrons. The van der Waals surface area contributed by atoms with Crippen molar-refractivity contribution in [2.45, 2.75) is 20.5 Å². The number of benzene rings is 3. The molecule has 0 saturated carbocycles. The number of halogens is 1. The minimum absolute atomic E-state index is 0.301. The van der Waals surface area contributed by atoms with E-state index in [0.717, 1.165) is 31.9 Å². The lowest BCUT2D eigenvalue weighted by Crippen LogP contribution is -2.09. The van der Waals surface area contributed by atoms with Gasteiger partial charge < -0.3 is 18.9 Å². The van der Waals surface area contributed by atoms with E-state index < -0.39 is 5.97 Å². The summed E-state index contributed by atoms with van der Waals surface area (Å²) in [5.41, 5.74) is 2.71. The predicted octanol–water partition coefficient (Wildman–Crippen LogP) is 5.02. The molecule has 7 heteroatoms. The molecule has 0 N–H and O–H groups in total. The average molecular weight is 457 g/mol. The molecule has 0 fully saturated rings. The van der Waals surface area contributed by atoms with Crippen molar-refractivity contribution < 1.29 is 28.5 Å². The molecule has 6 nitrogen and oxygen atoms in total. The van der Waals surface area contributed by atoms with Gasteiger partial charge in [-0.2, -0.15) is 0 Å². The van der Waals surface area contributed by atoms with Gasteiger partial charge in [-0.3, -0.25) is 9.59 Å². The van der Waals surface area contributed by atoms with Crippen LogP contribution < -0.4 is 18.9 Å². The van der Waals surface area contributed by atoms with Gasteiger partial charge in [0.25, 0.3) is 0 Å². The van der Waals surface area contributed by atoms with E-state index >= 15 is 0 Å². The Morgan fingerprint density at radius 1 is 0.966 bits per heavy atom. The number of esters is 2. The summed E-state index contributed by atoms with van der Waals surface area (Å²) in [5, 5.41) is 1.65. The second-order valence-electron chi connectivity index (χ2n) is 6.55. The summed E-state index contributed by atoms with van der Waals surface area (Å²) in [6, 6.07) is 10.8. The largest absolute Gasteiger partial charge is 0.492 e. The maximum absolute atomic E-state index is 11.3. The minimum atomic E-state index is -0.394. The number of ether oxygens (including phenoxy) is 4. The smallest absolute Gasteiger partial charge is 0.308 e. The van der Waals surface area contributed by atoms with Crippen LogP contribution in [0.4, 0.5) is 0 Å². The fourth-order valence-corrected chi connectivity index (χ4v) is 4.24. The molecule has 3 aromatic carbocycles. The maximum atomic E-state index is 11.3. The number of hydrogen-bond donors (Lipinski definition) is 0. The zero-order valence-electron chi connectivity index (χ0n) is 16.0. The summed E-state index contributed by atoms with van der Waals surface area (Å²) in [6.07, 6.45) is 0. The highest BCUT2D eigenvalue weighted by Crippen LogP contribution is 2.53. The fraction of sp³-hybridized carbons (Fsp3) is 0.182. The molecule has 1 aliphatic rings. The van der Waals surface area contributed by atoms with E-state index in [9.17, 15) is 9.59 Å². The standard InChI is InChI=1S/C22H17BrO6/c1-11(24)28-14-4-6-16-13(8-14)10-27-22-19(16)20(23)17-7-5-15(29-12(2)25)9-18(17)21(22)26-3/h4-9H,10H2,1-3H3. The lowest BCUT2D eigenvalue weighted by atomic mass is 9.93. The molecule has 0 bridgehead atoms. The zero-order chi connectivity index (χ0) is 20.7. The zero-order valence-corrected chi connectivity index (χ0v) is 17.6. The summed E-state index contributed by atoms with van der Waals surface area (Å²) in [4.78, 5) is 22.6. The Bertz CT molecular complexity index is 1170. The van der Waals surface area contributed by atoms with Gasteiger partial charge in [0.2, 0.25) is 0 Å². The maximum Gasteiger partial charge on any atom is 0.308 e. The average Bonchev–Trinajstić information content (AvgIpc) is 2.67. The van der Waals surface area contributed by atoms with Crippen molar-refractivity contribution in [3.8, 4) is 34.1 Å². The van der Waals surface area contributed by atoms with Crippen molar-refractivity contribution in [1.29, 1.82) is 0 Å². The summed E-state index contributed by atoms with van der Waals surface area (Å²) in [5.74, 6) is 1.28. The number of carbonyl (C=O) groups is 2. The number of carbonyl (C=O) groups excluding carboxylic acids is 2. The molecule has 0 atom stereocenters. The highest BCUT2D eigenvalue weighted by atomic mass is 79.9. The van der Waals surface area contributed by atoms with Crippen LogP contribution in [0, 0.1) is 0 Å². The van der Waals surface area contributed by atoms with Crippen LogP contribution in [0.1, 0.15) is 19.4 Å². The first-order valence-corrected chi connectivity index (χ1v) is 9.64. The highest BCUT2D eigenvalue weighted by Gasteiger charge is 2.27. The second kappa shape index (κ2) is 7.40. The molecule has 1 aliphatic heterocycles. The molecular weight excluding hydrogens is 440 g/mol. The summed E-state index contributed by atoms with van der Waals surface area (Å²) < 4.78 is 22.9. The Balaban J connectivity index is 1.93. The van der Waals surface area contributed by atoms with Crippen molar-refractivity contribution in [3.63, 3.8) is 0 Å². The number of hydrogen-bond acceptors (Lipinski definition) is 6. The van der Waals surface area contributed by atoms with Crippen LogP contribution >= 0.6 is 15.9 Å². The number of methoxy groups -OCH3 is 1. The van der Waals surface area contributed by atoms with Crippen LogP contribution in [0.3, 0.4) is 0 Å². The van der Waals surface area contributed by atoms with Gasteiger partial charge in [-0.1, -0.05) is 6.07 Å². The van der Waals surface area contributed by atoms with Gasteiger partial charge in [-0.05, 0) is 51.8 Å². The third-order valence-corrected chi connectivity index (χ3v) is 5.39. The molecule has 0 spiro atoms. The van der Waals surface area contributed by atoms with Crippen molar-refractivity contribution in [2.75, 3.05) is 7.11 Å². The van der Waals surface area contributed by atoms with Crippen LogP contribution in [0.25, 0.3) is 21.9 Å². The normalized spacial score (nSPS) is 11.9. The Morgan fingerprint density at radius 3 is 2.28 bits per heavy atom. The van der Waals surface area contributed by atoms with Crippen LogP contribution in [-0.2, 0) is 16.2 Å². The molecule has 1 heterocycles. The molecule has 0 saturated heterocycles. The number of rotatable bonds is 3. The third-order valence-electron chi connectivity index (χ3n) is 4.57. The van der Waals surface area contributed by atoms with E-state index in [1.54, 1.807) is 31.4 Å². The summed E-state index contributed by atoms with van der Waals surface area (Å²) >= 11 is 3.71. The molecule has 0 radical (unpaired) electrons. The molecule has 4 rings (SSSR count). The molecule has 3 aromatic rings. The molecule has 0 aliphatic carbocycles. The van der Waals surface area contributed by atoms with E-state index in [2.05, 4.69) is 15.9 Å². The van der Waals surface area contributed by atoms with Gasteiger partial charge in [0.15, 0.2) is 11.5 Å². The third kappa shape index (κ3) is 3.42. The van der Waals surface area contributed by atoms with Gasteiger partial charge >= 0.3 is 11.9 Å². The van der Waals surface area contributed by atoms with Crippen molar-refractivity contribution >= 4 is 38.6 Å². The Labute approximate surface area is 175 Å². The predicted molar refractivity (Wildman–Crippen MR) is 111 cm³/mol. The van der Waals surface area contributed by atoms with Crippen LogP contribution in [0.15, 0.2) is 40.9 Å². The minimum Gasteiger partial charge on any atom is -0.492 e. The van der Waals surface area contributed by atoms with Crippen LogP contribution in [-0.4, -0.2) is 19.0 Å².